The zero-order valence-corrected chi connectivity index (χ0v) is 12.1. The van der Waals surface area contributed by atoms with Crippen molar-refractivity contribution < 1.29 is 4.79 Å². The molecule has 4 heteroatoms. The van der Waals surface area contributed by atoms with Gasteiger partial charge in [0, 0.05) is 22.8 Å². The normalized spacial score (nSPS) is 10.3. The number of nitrogen functional groups attached to an aromatic ring is 1. The second-order valence-corrected chi connectivity index (χ2v) is 5.11. The first-order valence-corrected chi connectivity index (χ1v) is 6.83. The molecule has 0 atom stereocenters. The largest absolute Gasteiger partial charge is 0.399 e. The Kier molecular flexibility index (Phi) is 4.64. The fourth-order valence-electron chi connectivity index (χ4n) is 1.90. The number of rotatable bonds is 4. The summed E-state index contributed by atoms with van der Waals surface area (Å²) in [6, 6.07) is 13.0. The van der Waals surface area contributed by atoms with Gasteiger partial charge in [-0.3, -0.25) is 4.79 Å². The summed E-state index contributed by atoms with van der Waals surface area (Å²) < 4.78 is 0. The van der Waals surface area contributed by atoms with Gasteiger partial charge < -0.3 is 11.1 Å². The Balaban J connectivity index is 1.92. The van der Waals surface area contributed by atoms with Crippen LogP contribution in [-0.2, 0) is 11.2 Å². The lowest BCUT2D eigenvalue weighted by Crippen LogP contribution is -2.13. The number of amides is 1. The highest BCUT2D eigenvalue weighted by molar-refractivity contribution is 6.31. The lowest BCUT2D eigenvalue weighted by atomic mass is 10.1. The molecule has 3 nitrogen and oxygen atoms in total. The van der Waals surface area contributed by atoms with Gasteiger partial charge in [-0.25, -0.2) is 0 Å². The Morgan fingerprint density at radius 2 is 1.90 bits per heavy atom. The number of benzene rings is 2. The lowest BCUT2D eigenvalue weighted by Gasteiger charge is -2.09. The fourth-order valence-corrected chi connectivity index (χ4v) is 2.07. The first-order chi connectivity index (χ1) is 9.56. The van der Waals surface area contributed by atoms with Crippen molar-refractivity contribution >= 4 is 28.9 Å². The van der Waals surface area contributed by atoms with E-state index < -0.39 is 0 Å². The van der Waals surface area contributed by atoms with Gasteiger partial charge in [0.2, 0.25) is 5.91 Å². The molecule has 3 N–H and O–H groups in total. The molecular weight excluding hydrogens is 272 g/mol. The first-order valence-electron chi connectivity index (χ1n) is 6.45. The number of aryl methyl sites for hydroxylation is 1. The summed E-state index contributed by atoms with van der Waals surface area (Å²) in [6.45, 7) is 1.89. The van der Waals surface area contributed by atoms with Crippen molar-refractivity contribution in [3.8, 4) is 0 Å². The molecule has 0 aromatic heterocycles. The summed E-state index contributed by atoms with van der Waals surface area (Å²) in [6.07, 6.45) is 1.11. The van der Waals surface area contributed by atoms with Crippen molar-refractivity contribution in [1.82, 2.24) is 0 Å². The SMILES string of the molecule is Cc1c(Cl)cccc1NC(=O)CCc1ccc(N)cc1. The molecule has 0 saturated carbocycles. The third-order valence-corrected chi connectivity index (χ3v) is 3.57. The number of hydrogen-bond donors (Lipinski definition) is 2. The Morgan fingerprint density at radius 1 is 1.20 bits per heavy atom. The van der Waals surface area contributed by atoms with Gasteiger partial charge in [-0.1, -0.05) is 29.8 Å². The van der Waals surface area contributed by atoms with Crippen LogP contribution in [0.5, 0.6) is 0 Å². The number of nitrogens with one attached hydrogen (secondary N) is 1. The first kappa shape index (κ1) is 14.4. The van der Waals surface area contributed by atoms with Crippen LogP contribution in [0.2, 0.25) is 5.02 Å². The number of carbonyl (C=O) groups excluding carboxylic acids is 1. The third kappa shape index (κ3) is 3.75. The molecular formula is C16H17ClN2O. The molecule has 0 saturated heterocycles. The van der Waals surface area contributed by atoms with Crippen molar-refractivity contribution in [2.24, 2.45) is 0 Å². The molecule has 20 heavy (non-hydrogen) atoms. The summed E-state index contributed by atoms with van der Waals surface area (Å²) in [4.78, 5) is 11.9. The van der Waals surface area contributed by atoms with Crippen LogP contribution in [0.1, 0.15) is 17.5 Å². The second-order valence-electron chi connectivity index (χ2n) is 4.70. The zero-order valence-electron chi connectivity index (χ0n) is 11.3. The van der Waals surface area contributed by atoms with Crippen LogP contribution >= 0.6 is 11.6 Å². The summed E-state index contributed by atoms with van der Waals surface area (Å²) in [7, 11) is 0. The van der Waals surface area contributed by atoms with Gasteiger partial charge >= 0.3 is 0 Å². The highest BCUT2D eigenvalue weighted by Crippen LogP contribution is 2.23. The van der Waals surface area contributed by atoms with E-state index in [2.05, 4.69) is 5.32 Å². The van der Waals surface area contributed by atoms with Crippen molar-refractivity contribution in [3.63, 3.8) is 0 Å². The van der Waals surface area contributed by atoms with E-state index in [0.717, 1.165) is 22.5 Å². The maximum atomic E-state index is 11.9. The standard InChI is InChI=1S/C16H17ClN2O/c1-11-14(17)3-2-4-15(11)19-16(20)10-7-12-5-8-13(18)9-6-12/h2-6,8-9H,7,10,18H2,1H3,(H,19,20). The Bertz CT molecular complexity index is 608. The molecule has 0 aliphatic rings. The van der Waals surface area contributed by atoms with Crippen LogP contribution in [0.4, 0.5) is 11.4 Å². The highest BCUT2D eigenvalue weighted by atomic mass is 35.5. The number of halogens is 1. The molecule has 104 valence electrons. The zero-order chi connectivity index (χ0) is 14.5. The molecule has 0 spiro atoms. The number of nitrogens with two attached hydrogens (primary N) is 1. The van der Waals surface area contributed by atoms with Crippen molar-refractivity contribution in [2.45, 2.75) is 19.8 Å². The fraction of sp³-hybridized carbons (Fsp3) is 0.188. The van der Waals surface area contributed by atoms with Crippen LogP contribution in [0.25, 0.3) is 0 Å². The van der Waals surface area contributed by atoms with E-state index in [1.54, 1.807) is 6.07 Å². The third-order valence-electron chi connectivity index (χ3n) is 3.16. The van der Waals surface area contributed by atoms with E-state index >= 15 is 0 Å². The van der Waals surface area contributed by atoms with Gasteiger partial charge in [0.05, 0.1) is 0 Å². The predicted octanol–water partition coefficient (Wildman–Crippen LogP) is 3.80. The molecule has 1 amide bonds. The van der Waals surface area contributed by atoms with E-state index in [0.29, 0.717) is 17.9 Å². The Hall–Kier alpha value is -2.00. The minimum atomic E-state index is -0.0211. The van der Waals surface area contributed by atoms with Gasteiger partial charge in [0.1, 0.15) is 0 Å². The maximum absolute atomic E-state index is 11.9. The summed E-state index contributed by atoms with van der Waals surface area (Å²) in [5.41, 5.74) is 9.10. The molecule has 2 aromatic rings. The van der Waals surface area contributed by atoms with Crippen LogP contribution < -0.4 is 11.1 Å². The number of anilines is 2. The maximum Gasteiger partial charge on any atom is 0.224 e. The smallest absolute Gasteiger partial charge is 0.224 e. The topological polar surface area (TPSA) is 55.1 Å². The van der Waals surface area contributed by atoms with Crippen molar-refractivity contribution in [3.05, 3.63) is 58.6 Å². The Labute approximate surface area is 123 Å². The minimum Gasteiger partial charge on any atom is -0.399 e. The molecule has 0 aliphatic heterocycles. The summed E-state index contributed by atoms with van der Waals surface area (Å²) in [5, 5.41) is 3.54. The highest BCUT2D eigenvalue weighted by Gasteiger charge is 2.07. The number of carbonyl (C=O) groups is 1. The van der Waals surface area contributed by atoms with Gasteiger partial charge in [-0.15, -0.1) is 0 Å². The van der Waals surface area contributed by atoms with Gasteiger partial charge in [-0.2, -0.15) is 0 Å². The molecule has 0 unspecified atom stereocenters. The predicted molar refractivity (Wildman–Crippen MR) is 84.0 cm³/mol. The van der Waals surface area contributed by atoms with Crippen molar-refractivity contribution in [1.29, 1.82) is 0 Å². The van der Waals surface area contributed by atoms with Crippen LogP contribution in [0, 0.1) is 6.92 Å². The van der Waals surface area contributed by atoms with Crippen LogP contribution in [-0.4, -0.2) is 5.91 Å². The Morgan fingerprint density at radius 3 is 2.60 bits per heavy atom. The average Bonchev–Trinajstić information content (AvgIpc) is 2.43. The van der Waals surface area contributed by atoms with Gasteiger partial charge in [-0.05, 0) is 48.7 Å². The van der Waals surface area contributed by atoms with Crippen LogP contribution in [0.15, 0.2) is 42.5 Å². The van der Waals surface area contributed by atoms with Crippen molar-refractivity contribution in [2.75, 3.05) is 11.1 Å². The second kappa shape index (κ2) is 6.44. The lowest BCUT2D eigenvalue weighted by molar-refractivity contribution is -0.116. The average molecular weight is 289 g/mol. The van der Waals surface area contributed by atoms with E-state index in [4.69, 9.17) is 17.3 Å². The van der Waals surface area contributed by atoms with E-state index in [1.807, 2.05) is 43.3 Å². The molecule has 0 bridgehead atoms. The molecule has 0 heterocycles. The van der Waals surface area contributed by atoms with E-state index in [9.17, 15) is 4.79 Å². The van der Waals surface area contributed by atoms with E-state index in [-0.39, 0.29) is 5.91 Å². The monoisotopic (exact) mass is 288 g/mol. The minimum absolute atomic E-state index is 0.0211. The molecule has 0 aliphatic carbocycles. The molecule has 2 aromatic carbocycles. The number of hydrogen-bond acceptors (Lipinski definition) is 2. The molecule has 2 rings (SSSR count). The van der Waals surface area contributed by atoms with Crippen LogP contribution in [0.3, 0.4) is 0 Å². The molecule has 0 radical (unpaired) electrons. The summed E-state index contributed by atoms with van der Waals surface area (Å²) in [5.74, 6) is -0.0211. The molecule has 0 fully saturated rings. The van der Waals surface area contributed by atoms with E-state index in [1.165, 1.54) is 0 Å². The summed E-state index contributed by atoms with van der Waals surface area (Å²) >= 11 is 6.02. The van der Waals surface area contributed by atoms with Gasteiger partial charge in [0.15, 0.2) is 0 Å². The van der Waals surface area contributed by atoms with Gasteiger partial charge in [0.25, 0.3) is 0 Å². The quantitative estimate of drug-likeness (QED) is 0.841.